The zero-order valence-electron chi connectivity index (χ0n) is 4.30. The normalized spacial score (nSPS) is 4.50. The van der Waals surface area contributed by atoms with Crippen LogP contribution in [0.1, 0.15) is 1.43 Å². The van der Waals surface area contributed by atoms with E-state index in [2.05, 4.69) is 0 Å². The third-order valence-corrected chi connectivity index (χ3v) is 0. The molecule has 0 saturated carbocycles. The van der Waals surface area contributed by atoms with Gasteiger partial charge >= 0.3 is 58.7 Å². The third-order valence-electron chi connectivity index (χ3n) is 0. The molecule has 6 heavy (non-hydrogen) atoms. The summed E-state index contributed by atoms with van der Waals surface area (Å²) in [4.78, 5) is 0. The second kappa shape index (κ2) is 11.0. The van der Waals surface area contributed by atoms with Crippen molar-refractivity contribution in [1.82, 2.24) is 0 Å². The Balaban J connectivity index is -0.0000000150. The van der Waals surface area contributed by atoms with Gasteiger partial charge in [0, 0.05) is 49.4 Å². The summed E-state index contributed by atoms with van der Waals surface area (Å²) in [6.07, 6.45) is 0. The SMILES string of the molecule is OB(O)O.[Eu].[H-].[K+]. The van der Waals surface area contributed by atoms with Crippen molar-refractivity contribution in [2.45, 2.75) is 0 Å². The molecule has 0 saturated heterocycles. The van der Waals surface area contributed by atoms with Crippen LogP contribution in [0.25, 0.3) is 0 Å². The van der Waals surface area contributed by atoms with Crippen molar-refractivity contribution < 1.29 is 117 Å². The third kappa shape index (κ3) is 27.2. The molecule has 3 N–H and O–H groups in total. The Morgan fingerprint density at radius 1 is 1.17 bits per heavy atom. The van der Waals surface area contributed by atoms with Crippen molar-refractivity contribution in [2.75, 3.05) is 0 Å². The Morgan fingerprint density at radius 3 is 1.17 bits per heavy atom. The fraction of sp³-hybridized carbons (Fsp3) is 0. The van der Waals surface area contributed by atoms with Gasteiger partial charge in [-0.3, -0.25) is 0 Å². The van der Waals surface area contributed by atoms with Crippen LogP contribution in [-0.4, -0.2) is 22.4 Å². The largest absolute Gasteiger partial charge is 1.00 e. The average molecular weight is 254 g/mol. The van der Waals surface area contributed by atoms with Crippen LogP contribution < -0.4 is 51.4 Å². The molecule has 0 aromatic heterocycles. The summed E-state index contributed by atoms with van der Waals surface area (Å²) in [5, 5.41) is 21.5. The van der Waals surface area contributed by atoms with Crippen molar-refractivity contribution in [1.29, 1.82) is 0 Å². The van der Waals surface area contributed by atoms with Crippen molar-refractivity contribution in [3.8, 4) is 0 Å². The predicted octanol–water partition coefficient (Wildman–Crippen LogP) is -4.94. The topological polar surface area (TPSA) is 60.7 Å². The average Bonchev–Trinajstić information content (AvgIpc) is 0.811. The minimum atomic E-state index is -2.17. The van der Waals surface area contributed by atoms with E-state index in [-0.39, 0.29) is 102 Å². The van der Waals surface area contributed by atoms with Crippen LogP contribution in [0.3, 0.4) is 0 Å². The summed E-state index contributed by atoms with van der Waals surface area (Å²) in [5.41, 5.74) is 0. The Bertz CT molecular complexity index is 19.7. The van der Waals surface area contributed by atoms with Gasteiger partial charge in [0.25, 0.3) is 0 Å². The van der Waals surface area contributed by atoms with E-state index in [1.54, 1.807) is 0 Å². The maximum atomic E-state index is 7.17. The fourth-order valence-corrected chi connectivity index (χ4v) is 0. The molecule has 33 valence electrons. The van der Waals surface area contributed by atoms with E-state index in [0.717, 1.165) is 0 Å². The van der Waals surface area contributed by atoms with Gasteiger partial charge in [-0.2, -0.15) is 0 Å². The van der Waals surface area contributed by atoms with Crippen LogP contribution in [0, 0.1) is 49.4 Å². The van der Waals surface area contributed by atoms with Crippen molar-refractivity contribution >= 4 is 7.32 Å². The number of rotatable bonds is 0. The summed E-state index contributed by atoms with van der Waals surface area (Å²) in [6.45, 7) is 0. The van der Waals surface area contributed by atoms with Crippen LogP contribution in [-0.2, 0) is 0 Å². The van der Waals surface area contributed by atoms with Gasteiger partial charge in [-0.25, -0.2) is 0 Å². The Labute approximate surface area is 121 Å². The summed E-state index contributed by atoms with van der Waals surface area (Å²) in [5.74, 6) is 0. The molecule has 0 spiro atoms. The molecular weight excluding hydrogens is 250 g/mol. The van der Waals surface area contributed by atoms with E-state index in [1.807, 2.05) is 0 Å². The van der Waals surface area contributed by atoms with Crippen LogP contribution in [0.4, 0.5) is 0 Å². The Kier molecular flexibility index (Phi) is 29.6. The zero-order chi connectivity index (χ0) is 3.58. The summed E-state index contributed by atoms with van der Waals surface area (Å²) < 4.78 is 0. The van der Waals surface area contributed by atoms with E-state index in [9.17, 15) is 0 Å². The van der Waals surface area contributed by atoms with Gasteiger partial charge in [0.05, 0.1) is 0 Å². The smallest absolute Gasteiger partial charge is 1.00 e. The van der Waals surface area contributed by atoms with Gasteiger partial charge in [0.15, 0.2) is 0 Å². The van der Waals surface area contributed by atoms with Gasteiger partial charge in [-0.15, -0.1) is 0 Å². The van der Waals surface area contributed by atoms with Gasteiger partial charge < -0.3 is 16.5 Å². The molecule has 0 unspecified atom stereocenters. The first-order valence-electron chi connectivity index (χ1n) is 0.775. The molecule has 0 atom stereocenters. The monoisotopic (exact) mass is 255 g/mol. The van der Waals surface area contributed by atoms with Crippen LogP contribution in [0.5, 0.6) is 0 Å². The summed E-state index contributed by atoms with van der Waals surface area (Å²) >= 11 is 0. The second-order valence-electron chi connectivity index (χ2n) is 0.346. The molecule has 0 rings (SSSR count). The maximum Gasteiger partial charge on any atom is 1.00 e. The van der Waals surface area contributed by atoms with Crippen molar-refractivity contribution in [3.05, 3.63) is 0 Å². The van der Waals surface area contributed by atoms with Crippen LogP contribution in [0.2, 0.25) is 0 Å². The number of hydrogen-bond donors (Lipinski definition) is 3. The van der Waals surface area contributed by atoms with Gasteiger partial charge in [-0.05, 0) is 0 Å². The van der Waals surface area contributed by atoms with E-state index in [1.165, 1.54) is 0 Å². The first kappa shape index (κ1) is 16.1. The standard InChI is InChI=1S/BH3O3.Eu.K.H/c2-1(3)4;;;/h2-4H;;;/q;;+1;-1. The predicted molar refractivity (Wildman–Crippen MR) is 13.5 cm³/mol. The molecule has 6 heteroatoms. The first-order chi connectivity index (χ1) is 1.73. The fourth-order valence-electron chi connectivity index (χ4n) is 0. The molecule has 0 aliphatic heterocycles. The molecular formula is H4BEuKO3. The molecule has 0 aliphatic carbocycles. The molecule has 0 aliphatic rings. The van der Waals surface area contributed by atoms with E-state index in [0.29, 0.717) is 0 Å². The van der Waals surface area contributed by atoms with Gasteiger partial charge in [0.2, 0.25) is 0 Å². The summed E-state index contributed by atoms with van der Waals surface area (Å²) in [6, 6.07) is 0. The van der Waals surface area contributed by atoms with E-state index < -0.39 is 7.32 Å². The molecule has 0 bridgehead atoms. The molecule has 0 amide bonds. The Morgan fingerprint density at radius 2 is 1.17 bits per heavy atom. The molecule has 0 fully saturated rings. The van der Waals surface area contributed by atoms with E-state index in [4.69, 9.17) is 15.1 Å². The van der Waals surface area contributed by atoms with E-state index >= 15 is 0 Å². The Hall–Kier alpha value is 3.17. The molecule has 1 radical (unpaired) electrons. The number of hydrogen-bond acceptors (Lipinski definition) is 3. The van der Waals surface area contributed by atoms with Crippen molar-refractivity contribution in [2.24, 2.45) is 0 Å². The van der Waals surface area contributed by atoms with Gasteiger partial charge in [-0.1, -0.05) is 0 Å². The van der Waals surface area contributed by atoms with Gasteiger partial charge in [0.1, 0.15) is 0 Å². The summed E-state index contributed by atoms with van der Waals surface area (Å²) in [7, 11) is -2.17. The quantitative estimate of drug-likeness (QED) is 0.380. The minimum absolute atomic E-state index is 0. The van der Waals surface area contributed by atoms with Crippen LogP contribution in [0.15, 0.2) is 0 Å². The zero-order valence-corrected chi connectivity index (χ0v) is 8.85. The molecule has 3 nitrogen and oxygen atoms in total. The maximum absolute atomic E-state index is 7.17. The van der Waals surface area contributed by atoms with Crippen molar-refractivity contribution in [3.63, 3.8) is 0 Å². The first-order valence-corrected chi connectivity index (χ1v) is 0.775. The molecule has 0 aromatic carbocycles. The molecule has 0 heterocycles. The minimum Gasteiger partial charge on any atom is -1.00 e. The van der Waals surface area contributed by atoms with Crippen LogP contribution >= 0.6 is 0 Å². The second-order valence-corrected chi connectivity index (χ2v) is 0.346. The molecule has 0 aromatic rings.